The van der Waals surface area contributed by atoms with Crippen LogP contribution in [0.15, 0.2) is 47.7 Å². The zero-order chi connectivity index (χ0) is 30.4. The van der Waals surface area contributed by atoms with Gasteiger partial charge in [0.05, 0.1) is 12.2 Å². The highest BCUT2D eigenvalue weighted by Gasteiger charge is 2.56. The van der Waals surface area contributed by atoms with Crippen molar-refractivity contribution < 1.29 is 46.3 Å². The van der Waals surface area contributed by atoms with Gasteiger partial charge in [0.2, 0.25) is 17.7 Å². The molecule has 1 saturated carbocycles. The molecule has 2 saturated heterocycles. The van der Waals surface area contributed by atoms with Crippen molar-refractivity contribution in [2.24, 2.45) is 5.92 Å². The average molecular weight is 593 g/mol. The minimum atomic E-state index is -4.75. The Bertz CT molecular complexity index is 1390. The summed E-state index contributed by atoms with van der Waals surface area (Å²) in [5.41, 5.74) is -0.452. The predicted octanol–water partition coefficient (Wildman–Crippen LogP) is 2.49. The second kappa shape index (κ2) is 10.9. The molecule has 0 aromatic heterocycles. The number of rotatable bonds is 7. The minimum Gasteiger partial charge on any atom is -0.436 e. The van der Waals surface area contributed by atoms with E-state index in [0.29, 0.717) is 16.9 Å². The highest BCUT2D eigenvalue weighted by Crippen LogP contribution is 2.48. The van der Waals surface area contributed by atoms with E-state index in [4.69, 9.17) is 4.74 Å². The zero-order valence-electron chi connectivity index (χ0n) is 22.5. The summed E-state index contributed by atoms with van der Waals surface area (Å²) in [5, 5.41) is 5.09. The molecule has 14 heteroatoms. The summed E-state index contributed by atoms with van der Waals surface area (Å²) in [6.07, 6.45) is -1.64. The summed E-state index contributed by atoms with van der Waals surface area (Å²) in [7, 11) is 0. The smallest absolute Gasteiger partial charge is 0.411 e. The van der Waals surface area contributed by atoms with Gasteiger partial charge in [0.15, 0.2) is 11.4 Å². The van der Waals surface area contributed by atoms with Crippen LogP contribution < -0.4 is 10.6 Å². The number of nitrogens with one attached hydrogen (secondary N) is 2. The van der Waals surface area contributed by atoms with Gasteiger partial charge in [-0.2, -0.15) is 13.2 Å². The number of fused-ring (bicyclic) bond motifs is 2. The van der Waals surface area contributed by atoms with E-state index in [1.807, 2.05) is 0 Å². The molecular formula is C28H28F4N4O6. The van der Waals surface area contributed by atoms with Crippen LogP contribution in [-0.4, -0.2) is 76.3 Å². The Morgan fingerprint density at radius 2 is 1.88 bits per heavy atom. The monoisotopic (exact) mass is 592 g/mol. The number of allylic oxidation sites excluding steroid dienone is 3. The first-order chi connectivity index (χ1) is 19.8. The first kappa shape index (κ1) is 29.3. The lowest BCUT2D eigenvalue weighted by Gasteiger charge is -2.32. The van der Waals surface area contributed by atoms with Gasteiger partial charge >= 0.3 is 12.3 Å². The topological polar surface area (TPSA) is 125 Å². The predicted molar refractivity (Wildman–Crippen MR) is 136 cm³/mol. The normalized spacial score (nSPS) is 25.9. The van der Waals surface area contributed by atoms with Gasteiger partial charge in [0.1, 0.15) is 24.4 Å². The molecule has 4 aliphatic rings. The standard InChI is InChI=1S/C28H28F4N4O6/c1-15(28(30,31)32)36(12-16-2-4-17(29)5-3-16)23(38)13-35-14-27(42-26(35)41)11-10-18-19(27)6-7-20(24(18)39)34-25(40)21-8-9-22(37)33-21/h2-7,15,18,21H,8-14H2,1H3,(H,33,37)(H,34,40)/t15-,18?,21-,27-/m0/s1. The third-order valence-electron chi connectivity index (χ3n) is 8.16. The van der Waals surface area contributed by atoms with Gasteiger partial charge in [0, 0.05) is 18.9 Å². The van der Waals surface area contributed by atoms with Crippen molar-refractivity contribution in [3.8, 4) is 0 Å². The van der Waals surface area contributed by atoms with Crippen LogP contribution >= 0.6 is 0 Å². The molecule has 0 bridgehead atoms. The molecule has 1 aromatic rings. The number of Topliss-reactive ketones (excluding diaryl/α,β-unsaturated/α-hetero) is 1. The van der Waals surface area contributed by atoms with E-state index in [1.54, 1.807) is 6.08 Å². The van der Waals surface area contributed by atoms with E-state index in [1.165, 1.54) is 18.2 Å². The second-order valence-electron chi connectivity index (χ2n) is 10.9. The van der Waals surface area contributed by atoms with E-state index in [9.17, 15) is 41.5 Å². The SMILES string of the molecule is C[C@H](N(Cc1ccc(F)cc1)C(=O)CN1C[C@]2(CCC3C(=O)C(NC(=O)[C@@H]4CCC(=O)N4)=CC=C32)OC1=O)C(F)(F)F. The molecule has 42 heavy (non-hydrogen) atoms. The molecule has 4 atom stereocenters. The summed E-state index contributed by atoms with van der Waals surface area (Å²) in [6.45, 7) is -0.478. The van der Waals surface area contributed by atoms with Crippen molar-refractivity contribution >= 4 is 29.6 Å². The molecular weight excluding hydrogens is 564 g/mol. The quantitative estimate of drug-likeness (QED) is 0.469. The Hall–Kier alpha value is -4.23. The molecule has 2 heterocycles. The maximum atomic E-state index is 13.6. The first-order valence-electron chi connectivity index (χ1n) is 13.4. The van der Waals surface area contributed by atoms with E-state index >= 15 is 0 Å². The number of halogens is 4. The fraction of sp³-hybridized carbons (Fsp3) is 0.464. The van der Waals surface area contributed by atoms with Crippen LogP contribution in [-0.2, 0) is 30.5 Å². The van der Waals surface area contributed by atoms with Crippen LogP contribution in [0.1, 0.15) is 38.2 Å². The molecule has 2 aliphatic heterocycles. The van der Waals surface area contributed by atoms with Gasteiger partial charge in [-0.3, -0.25) is 24.1 Å². The first-order valence-corrected chi connectivity index (χ1v) is 13.4. The van der Waals surface area contributed by atoms with Crippen molar-refractivity contribution in [2.45, 2.75) is 63.0 Å². The van der Waals surface area contributed by atoms with Crippen molar-refractivity contribution in [1.82, 2.24) is 20.4 Å². The molecule has 1 unspecified atom stereocenters. The van der Waals surface area contributed by atoms with E-state index in [2.05, 4.69) is 10.6 Å². The molecule has 224 valence electrons. The van der Waals surface area contributed by atoms with Crippen LogP contribution in [0.3, 0.4) is 0 Å². The third-order valence-corrected chi connectivity index (χ3v) is 8.16. The lowest BCUT2D eigenvalue weighted by Crippen LogP contribution is -2.50. The summed E-state index contributed by atoms with van der Waals surface area (Å²) in [6, 6.07) is 1.77. The van der Waals surface area contributed by atoms with Gasteiger partial charge in [-0.05, 0) is 55.5 Å². The fourth-order valence-corrected chi connectivity index (χ4v) is 5.81. The third kappa shape index (κ3) is 5.61. The summed E-state index contributed by atoms with van der Waals surface area (Å²) in [5.74, 6) is -3.42. The van der Waals surface area contributed by atoms with Crippen molar-refractivity contribution in [1.29, 1.82) is 0 Å². The van der Waals surface area contributed by atoms with E-state index < -0.39 is 72.4 Å². The fourth-order valence-electron chi connectivity index (χ4n) is 5.81. The molecule has 10 nitrogen and oxygen atoms in total. The van der Waals surface area contributed by atoms with Gasteiger partial charge in [0.25, 0.3) is 0 Å². The lowest BCUT2D eigenvalue weighted by molar-refractivity contribution is -0.187. The highest BCUT2D eigenvalue weighted by atomic mass is 19.4. The average Bonchev–Trinajstić information content (AvgIpc) is 3.61. The minimum absolute atomic E-state index is 0.0425. The van der Waals surface area contributed by atoms with Crippen molar-refractivity contribution in [3.63, 3.8) is 0 Å². The molecule has 2 aliphatic carbocycles. The van der Waals surface area contributed by atoms with Gasteiger partial charge < -0.3 is 20.3 Å². The van der Waals surface area contributed by atoms with Crippen LogP contribution in [0.5, 0.6) is 0 Å². The Labute approximate surface area is 237 Å². The summed E-state index contributed by atoms with van der Waals surface area (Å²) < 4.78 is 59.9. The molecule has 4 amide bonds. The molecule has 5 rings (SSSR count). The number of nitrogens with zero attached hydrogens (tertiary/aromatic N) is 2. The number of benzene rings is 1. The summed E-state index contributed by atoms with van der Waals surface area (Å²) in [4.78, 5) is 64.7. The molecule has 1 aromatic carbocycles. The molecule has 0 radical (unpaired) electrons. The van der Waals surface area contributed by atoms with Gasteiger partial charge in [-0.15, -0.1) is 0 Å². The number of carbonyl (C=O) groups excluding carboxylic acids is 5. The van der Waals surface area contributed by atoms with E-state index in [0.717, 1.165) is 24.0 Å². The lowest BCUT2D eigenvalue weighted by atomic mass is 9.85. The largest absolute Gasteiger partial charge is 0.436 e. The summed E-state index contributed by atoms with van der Waals surface area (Å²) >= 11 is 0. The van der Waals surface area contributed by atoms with E-state index in [-0.39, 0.29) is 43.0 Å². The number of hydrogen-bond donors (Lipinski definition) is 2. The number of carbonyl (C=O) groups is 5. The number of ketones is 1. The number of hydrogen-bond acceptors (Lipinski definition) is 6. The van der Waals surface area contributed by atoms with Crippen LogP contribution in [0.4, 0.5) is 22.4 Å². The Morgan fingerprint density at radius 3 is 2.52 bits per heavy atom. The molecule has 3 fully saturated rings. The highest BCUT2D eigenvalue weighted by molar-refractivity contribution is 6.05. The molecule has 1 spiro atoms. The van der Waals surface area contributed by atoms with Gasteiger partial charge in [-0.1, -0.05) is 18.2 Å². The van der Waals surface area contributed by atoms with Crippen molar-refractivity contribution in [3.05, 3.63) is 59.1 Å². The zero-order valence-corrected chi connectivity index (χ0v) is 22.5. The maximum absolute atomic E-state index is 13.6. The van der Waals surface area contributed by atoms with Crippen LogP contribution in [0.2, 0.25) is 0 Å². The van der Waals surface area contributed by atoms with Crippen LogP contribution in [0.25, 0.3) is 0 Å². The number of amides is 4. The van der Waals surface area contributed by atoms with Crippen LogP contribution in [0, 0.1) is 11.7 Å². The Balaban J connectivity index is 1.30. The Kier molecular flexibility index (Phi) is 7.58. The Morgan fingerprint density at radius 1 is 1.17 bits per heavy atom. The maximum Gasteiger partial charge on any atom is 0.411 e. The van der Waals surface area contributed by atoms with Crippen molar-refractivity contribution in [2.75, 3.05) is 13.1 Å². The van der Waals surface area contributed by atoms with Gasteiger partial charge in [-0.25, -0.2) is 9.18 Å². The number of alkyl halides is 3. The second-order valence-corrected chi connectivity index (χ2v) is 10.9. The number of ether oxygens (including phenoxy) is 1. The molecule has 2 N–H and O–H groups in total.